The highest BCUT2D eigenvalue weighted by atomic mass is 16.1. The highest BCUT2D eigenvalue weighted by Gasteiger charge is 2.18. The zero-order valence-electron chi connectivity index (χ0n) is 13.9. The first-order valence-electron chi connectivity index (χ1n) is 8.56. The summed E-state index contributed by atoms with van der Waals surface area (Å²) in [5.41, 5.74) is 5.23. The first kappa shape index (κ1) is 15.5. The van der Waals surface area contributed by atoms with E-state index >= 15 is 0 Å². The molecule has 124 valence electrons. The van der Waals surface area contributed by atoms with E-state index in [1.54, 1.807) is 0 Å². The third-order valence-electron chi connectivity index (χ3n) is 4.57. The third kappa shape index (κ3) is 3.43. The number of nitrogens with one attached hydrogen (secondary N) is 1. The molecule has 25 heavy (non-hydrogen) atoms. The number of hydrogen-bond donors (Lipinski definition) is 1. The van der Waals surface area contributed by atoms with E-state index in [0.717, 1.165) is 36.9 Å². The molecule has 0 unspecified atom stereocenters. The molecule has 4 nitrogen and oxygen atoms in total. The van der Waals surface area contributed by atoms with Gasteiger partial charge < -0.3 is 5.32 Å². The zero-order valence-corrected chi connectivity index (χ0v) is 13.9. The fraction of sp³-hybridized carbons (Fsp3) is 0.190. The first-order valence-corrected chi connectivity index (χ1v) is 8.56. The molecule has 0 bridgehead atoms. The molecule has 1 heterocycles. The number of carbonyl (C=O) groups is 1. The average molecular weight is 329 g/mol. The SMILES string of the molecule is O=C(Nc1ncnc2c1CCC2)c1ccc(Cc2ccccc2)cc1. The van der Waals surface area contributed by atoms with Crippen LogP contribution in [0.4, 0.5) is 5.82 Å². The van der Waals surface area contributed by atoms with E-state index in [1.807, 2.05) is 42.5 Å². The van der Waals surface area contributed by atoms with Gasteiger partial charge in [0.2, 0.25) is 0 Å². The van der Waals surface area contributed by atoms with Crippen LogP contribution >= 0.6 is 0 Å². The standard InChI is InChI=1S/C21H19N3O/c25-21(24-20-18-7-4-8-19(18)22-14-23-20)17-11-9-16(10-12-17)13-15-5-2-1-3-6-15/h1-3,5-6,9-12,14H,4,7-8,13H2,(H,22,23,24,25). The molecule has 0 atom stereocenters. The van der Waals surface area contributed by atoms with Crippen molar-refractivity contribution in [2.45, 2.75) is 25.7 Å². The number of rotatable bonds is 4. The van der Waals surface area contributed by atoms with Gasteiger partial charge in [-0.3, -0.25) is 4.79 Å². The van der Waals surface area contributed by atoms with Crippen LogP contribution in [-0.2, 0) is 19.3 Å². The molecule has 1 aliphatic rings. The van der Waals surface area contributed by atoms with E-state index in [4.69, 9.17) is 0 Å². The maximum absolute atomic E-state index is 12.5. The molecule has 1 aliphatic carbocycles. The molecule has 1 N–H and O–H groups in total. The minimum Gasteiger partial charge on any atom is -0.306 e. The van der Waals surface area contributed by atoms with Gasteiger partial charge in [0, 0.05) is 16.8 Å². The van der Waals surface area contributed by atoms with Gasteiger partial charge in [0.15, 0.2) is 0 Å². The van der Waals surface area contributed by atoms with Crippen molar-refractivity contribution in [1.29, 1.82) is 0 Å². The predicted molar refractivity (Wildman–Crippen MR) is 97.7 cm³/mol. The Morgan fingerprint density at radius 1 is 0.920 bits per heavy atom. The Morgan fingerprint density at radius 3 is 2.48 bits per heavy atom. The van der Waals surface area contributed by atoms with Gasteiger partial charge in [0.1, 0.15) is 12.1 Å². The lowest BCUT2D eigenvalue weighted by atomic mass is 10.0. The van der Waals surface area contributed by atoms with E-state index in [1.165, 1.54) is 17.5 Å². The van der Waals surface area contributed by atoms with Crippen molar-refractivity contribution in [3.63, 3.8) is 0 Å². The van der Waals surface area contributed by atoms with Crippen molar-refractivity contribution in [1.82, 2.24) is 9.97 Å². The molecule has 1 aromatic heterocycles. The Balaban J connectivity index is 1.47. The number of aromatic nitrogens is 2. The lowest BCUT2D eigenvalue weighted by molar-refractivity contribution is 0.102. The molecular weight excluding hydrogens is 310 g/mol. The summed E-state index contributed by atoms with van der Waals surface area (Å²) in [7, 11) is 0. The number of amides is 1. The second-order valence-corrected chi connectivity index (χ2v) is 6.31. The van der Waals surface area contributed by atoms with Crippen LogP contribution in [0.25, 0.3) is 0 Å². The van der Waals surface area contributed by atoms with Gasteiger partial charge >= 0.3 is 0 Å². The Bertz CT molecular complexity index is 889. The number of aryl methyl sites for hydroxylation is 1. The minimum atomic E-state index is -0.126. The van der Waals surface area contributed by atoms with Crippen molar-refractivity contribution < 1.29 is 4.79 Å². The van der Waals surface area contributed by atoms with E-state index in [9.17, 15) is 4.79 Å². The van der Waals surface area contributed by atoms with Crippen molar-refractivity contribution in [2.75, 3.05) is 5.32 Å². The number of anilines is 1. The molecule has 0 spiro atoms. The summed E-state index contributed by atoms with van der Waals surface area (Å²) in [6, 6.07) is 18.1. The van der Waals surface area contributed by atoms with Crippen LogP contribution in [0.15, 0.2) is 60.9 Å². The highest BCUT2D eigenvalue weighted by Crippen LogP contribution is 2.25. The Morgan fingerprint density at radius 2 is 1.68 bits per heavy atom. The Labute approximate surface area is 147 Å². The smallest absolute Gasteiger partial charge is 0.256 e. The number of hydrogen-bond acceptors (Lipinski definition) is 3. The lowest BCUT2D eigenvalue weighted by Gasteiger charge is -2.09. The van der Waals surface area contributed by atoms with Crippen molar-refractivity contribution in [3.8, 4) is 0 Å². The van der Waals surface area contributed by atoms with Gasteiger partial charge in [-0.15, -0.1) is 0 Å². The fourth-order valence-corrected chi connectivity index (χ4v) is 3.25. The summed E-state index contributed by atoms with van der Waals surface area (Å²) in [6.07, 6.45) is 5.37. The molecule has 4 heteroatoms. The van der Waals surface area contributed by atoms with Crippen molar-refractivity contribution in [2.24, 2.45) is 0 Å². The molecule has 3 aromatic rings. The molecule has 0 saturated heterocycles. The highest BCUT2D eigenvalue weighted by molar-refractivity contribution is 6.04. The fourth-order valence-electron chi connectivity index (χ4n) is 3.25. The summed E-state index contributed by atoms with van der Waals surface area (Å²) < 4.78 is 0. The Kier molecular flexibility index (Phi) is 4.25. The maximum atomic E-state index is 12.5. The van der Waals surface area contributed by atoms with Gasteiger partial charge in [0.05, 0.1) is 0 Å². The maximum Gasteiger partial charge on any atom is 0.256 e. The van der Waals surface area contributed by atoms with E-state index < -0.39 is 0 Å². The lowest BCUT2D eigenvalue weighted by Crippen LogP contribution is -2.15. The van der Waals surface area contributed by atoms with Gasteiger partial charge in [-0.25, -0.2) is 9.97 Å². The van der Waals surface area contributed by atoms with Crippen LogP contribution in [0, 0.1) is 0 Å². The predicted octanol–water partition coefficient (Wildman–Crippen LogP) is 3.81. The molecule has 1 amide bonds. The minimum absolute atomic E-state index is 0.126. The third-order valence-corrected chi connectivity index (χ3v) is 4.57. The molecule has 0 aliphatic heterocycles. The topological polar surface area (TPSA) is 54.9 Å². The van der Waals surface area contributed by atoms with Crippen molar-refractivity contribution >= 4 is 11.7 Å². The molecule has 0 radical (unpaired) electrons. The number of carbonyl (C=O) groups excluding carboxylic acids is 1. The quantitative estimate of drug-likeness (QED) is 0.792. The summed E-state index contributed by atoms with van der Waals surface area (Å²) in [6.45, 7) is 0. The average Bonchev–Trinajstić information content (AvgIpc) is 3.13. The molecule has 4 rings (SSSR count). The van der Waals surface area contributed by atoms with Gasteiger partial charge in [0.25, 0.3) is 5.91 Å². The van der Waals surface area contributed by atoms with Crippen LogP contribution in [0.2, 0.25) is 0 Å². The van der Waals surface area contributed by atoms with E-state index in [-0.39, 0.29) is 5.91 Å². The molecule has 2 aromatic carbocycles. The van der Waals surface area contributed by atoms with Crippen LogP contribution < -0.4 is 5.32 Å². The Hall–Kier alpha value is -3.01. The molecule has 0 saturated carbocycles. The van der Waals surface area contributed by atoms with Crippen molar-refractivity contribution in [3.05, 3.63) is 88.9 Å². The summed E-state index contributed by atoms with van der Waals surface area (Å²) in [5.74, 6) is 0.528. The number of fused-ring (bicyclic) bond motifs is 1. The summed E-state index contributed by atoms with van der Waals surface area (Å²) in [5, 5.41) is 2.94. The monoisotopic (exact) mass is 329 g/mol. The second-order valence-electron chi connectivity index (χ2n) is 6.31. The largest absolute Gasteiger partial charge is 0.306 e. The van der Waals surface area contributed by atoms with Gasteiger partial charge in [-0.1, -0.05) is 42.5 Å². The summed E-state index contributed by atoms with van der Waals surface area (Å²) in [4.78, 5) is 21.0. The molecular formula is C21H19N3O. The van der Waals surface area contributed by atoms with Crippen LogP contribution in [-0.4, -0.2) is 15.9 Å². The van der Waals surface area contributed by atoms with Gasteiger partial charge in [-0.2, -0.15) is 0 Å². The molecule has 0 fully saturated rings. The van der Waals surface area contributed by atoms with E-state index in [2.05, 4.69) is 27.4 Å². The van der Waals surface area contributed by atoms with Crippen LogP contribution in [0.5, 0.6) is 0 Å². The second kappa shape index (κ2) is 6.85. The number of benzene rings is 2. The first-order chi connectivity index (χ1) is 12.3. The van der Waals surface area contributed by atoms with E-state index in [0.29, 0.717) is 11.4 Å². The summed E-state index contributed by atoms with van der Waals surface area (Å²) >= 11 is 0. The zero-order chi connectivity index (χ0) is 17.1. The van der Waals surface area contributed by atoms with Crippen LogP contribution in [0.3, 0.4) is 0 Å². The van der Waals surface area contributed by atoms with Gasteiger partial charge in [-0.05, 0) is 48.9 Å². The normalized spacial score (nSPS) is 12.6. The number of nitrogens with zero attached hydrogens (tertiary/aromatic N) is 2. The van der Waals surface area contributed by atoms with Crippen LogP contribution in [0.1, 0.15) is 39.2 Å².